The van der Waals surface area contributed by atoms with Gasteiger partial charge in [0.1, 0.15) is 5.82 Å². The molecule has 4 rings (SSSR count). The van der Waals surface area contributed by atoms with E-state index >= 15 is 0 Å². The van der Waals surface area contributed by atoms with Gasteiger partial charge < -0.3 is 14.7 Å². The predicted molar refractivity (Wildman–Crippen MR) is 150 cm³/mol. The second-order valence-corrected chi connectivity index (χ2v) is 10.1. The number of alkyl halides is 3. The van der Waals surface area contributed by atoms with E-state index in [-0.39, 0.29) is 5.82 Å². The molecule has 3 aromatic rings. The second kappa shape index (κ2) is 12.6. The number of hydrogen-bond donors (Lipinski definition) is 0. The van der Waals surface area contributed by atoms with Crippen molar-refractivity contribution in [3.05, 3.63) is 53.7 Å². The third kappa shape index (κ3) is 6.96. The Morgan fingerprint density at radius 2 is 1.77 bits per heavy atom. The first-order valence-electron chi connectivity index (χ1n) is 13.8. The molecule has 1 fully saturated rings. The lowest BCUT2D eigenvalue weighted by molar-refractivity contribution is -0.137. The van der Waals surface area contributed by atoms with E-state index in [4.69, 9.17) is 15.0 Å². The topological polar surface area (TPSA) is 61.3 Å². The van der Waals surface area contributed by atoms with Gasteiger partial charge in [-0.15, -0.1) is 0 Å². The fourth-order valence-electron chi connectivity index (χ4n) is 4.94. The Morgan fingerprint density at radius 3 is 2.44 bits per heavy atom. The van der Waals surface area contributed by atoms with Crippen molar-refractivity contribution < 1.29 is 13.2 Å². The molecule has 1 atom stereocenters. The quantitative estimate of drug-likeness (QED) is 0.301. The lowest BCUT2D eigenvalue weighted by Gasteiger charge is -2.34. The van der Waals surface area contributed by atoms with Crippen molar-refractivity contribution >= 4 is 17.7 Å². The summed E-state index contributed by atoms with van der Waals surface area (Å²) in [6.45, 7) is 8.18. The Morgan fingerprint density at radius 1 is 1.00 bits per heavy atom. The summed E-state index contributed by atoms with van der Waals surface area (Å²) in [6, 6.07) is 11.0. The number of nitrogens with zero attached hydrogens (tertiary/aromatic N) is 7. The van der Waals surface area contributed by atoms with Crippen LogP contribution in [-0.4, -0.2) is 59.2 Å². The van der Waals surface area contributed by atoms with Crippen LogP contribution in [0.15, 0.2) is 42.6 Å². The highest BCUT2D eigenvalue weighted by Crippen LogP contribution is 2.35. The van der Waals surface area contributed by atoms with Crippen molar-refractivity contribution in [1.82, 2.24) is 19.9 Å². The van der Waals surface area contributed by atoms with Crippen LogP contribution in [0.25, 0.3) is 11.4 Å². The minimum absolute atomic E-state index is 0.0627. The van der Waals surface area contributed by atoms with Gasteiger partial charge >= 0.3 is 6.18 Å². The predicted octanol–water partition coefficient (Wildman–Crippen LogP) is 6.25. The molecule has 0 bridgehead atoms. The molecule has 1 aliphatic rings. The minimum Gasteiger partial charge on any atom is -0.355 e. The smallest absolute Gasteiger partial charge is 0.355 e. The maximum Gasteiger partial charge on any atom is 0.419 e. The van der Waals surface area contributed by atoms with Gasteiger partial charge in [-0.05, 0) is 57.2 Å². The highest BCUT2D eigenvalue weighted by Gasteiger charge is 2.35. The van der Waals surface area contributed by atoms with Crippen molar-refractivity contribution in [2.45, 2.75) is 65.1 Å². The number of aryl methyl sites for hydroxylation is 1. The van der Waals surface area contributed by atoms with Crippen LogP contribution in [0, 0.1) is 0 Å². The summed E-state index contributed by atoms with van der Waals surface area (Å²) in [5.74, 6) is 1.67. The monoisotopic (exact) mass is 541 g/mol. The molecule has 1 aliphatic heterocycles. The van der Waals surface area contributed by atoms with E-state index in [2.05, 4.69) is 35.9 Å². The summed E-state index contributed by atoms with van der Waals surface area (Å²) in [6.07, 6.45) is 2.36. The molecule has 1 saturated heterocycles. The molecule has 0 radical (unpaired) electrons. The number of pyridine rings is 1. The normalized spacial score (nSPS) is 15.9. The van der Waals surface area contributed by atoms with Crippen molar-refractivity contribution in [2.75, 3.05) is 47.9 Å². The number of rotatable bonds is 10. The van der Waals surface area contributed by atoms with Crippen LogP contribution in [-0.2, 0) is 12.6 Å². The standard InChI is InChI=1S/C29H38F3N7/c1-5-10-22-13-15-23(16-14-22)25-34-27(36-28(35-25)39-18-8-7-11-21(39)3)37(4)19-20-38(6-2)26-24(29(30,31)32)12-9-17-33-26/h9,12-17,21H,5-8,10-11,18-20H2,1-4H3. The number of halogens is 3. The van der Waals surface area contributed by atoms with Crippen LogP contribution >= 0.6 is 0 Å². The summed E-state index contributed by atoms with van der Waals surface area (Å²) in [5, 5.41) is 0. The zero-order valence-corrected chi connectivity index (χ0v) is 23.2. The highest BCUT2D eigenvalue weighted by molar-refractivity contribution is 5.59. The van der Waals surface area contributed by atoms with Crippen LogP contribution in [0.5, 0.6) is 0 Å². The van der Waals surface area contributed by atoms with Gasteiger partial charge in [0, 0.05) is 51.0 Å². The van der Waals surface area contributed by atoms with Gasteiger partial charge in [0.05, 0.1) is 5.56 Å². The molecule has 0 aliphatic carbocycles. The number of likely N-dealkylation sites (N-methyl/N-ethyl adjacent to an activating group) is 2. The number of anilines is 3. The van der Waals surface area contributed by atoms with E-state index in [1.807, 2.05) is 31.0 Å². The van der Waals surface area contributed by atoms with Crippen molar-refractivity contribution in [3.63, 3.8) is 0 Å². The molecular formula is C29H38F3N7. The molecule has 3 heterocycles. The molecule has 210 valence electrons. The highest BCUT2D eigenvalue weighted by atomic mass is 19.4. The average Bonchev–Trinajstić information content (AvgIpc) is 2.93. The van der Waals surface area contributed by atoms with Gasteiger partial charge in [0.25, 0.3) is 0 Å². The van der Waals surface area contributed by atoms with E-state index in [0.29, 0.717) is 43.4 Å². The van der Waals surface area contributed by atoms with Crippen molar-refractivity contribution in [2.24, 2.45) is 0 Å². The Hall–Kier alpha value is -3.43. The van der Waals surface area contributed by atoms with Gasteiger partial charge in [0.15, 0.2) is 5.82 Å². The van der Waals surface area contributed by atoms with E-state index < -0.39 is 11.7 Å². The average molecular weight is 542 g/mol. The number of piperidine rings is 1. The first kappa shape index (κ1) is 28.6. The zero-order valence-electron chi connectivity index (χ0n) is 23.2. The Bertz CT molecular complexity index is 1220. The molecular weight excluding hydrogens is 503 g/mol. The lowest BCUT2D eigenvalue weighted by Crippen LogP contribution is -2.39. The maximum absolute atomic E-state index is 13.6. The Kier molecular flexibility index (Phi) is 9.24. The van der Waals surface area contributed by atoms with Crippen LogP contribution in [0.3, 0.4) is 0 Å². The minimum atomic E-state index is -4.47. The van der Waals surface area contributed by atoms with Gasteiger partial charge in [-0.1, -0.05) is 37.6 Å². The maximum atomic E-state index is 13.6. The lowest BCUT2D eigenvalue weighted by atomic mass is 10.0. The van der Waals surface area contributed by atoms with Gasteiger partial charge in [-0.3, -0.25) is 0 Å². The van der Waals surface area contributed by atoms with E-state index in [1.54, 1.807) is 4.90 Å². The molecule has 1 aromatic carbocycles. The number of aromatic nitrogens is 4. The molecule has 2 aromatic heterocycles. The Labute approximate surface area is 229 Å². The zero-order chi connectivity index (χ0) is 28.0. The molecule has 1 unspecified atom stereocenters. The molecule has 7 nitrogen and oxygen atoms in total. The first-order chi connectivity index (χ1) is 18.7. The molecule has 0 spiro atoms. The largest absolute Gasteiger partial charge is 0.419 e. The molecule has 39 heavy (non-hydrogen) atoms. The third-order valence-corrected chi connectivity index (χ3v) is 7.24. The van der Waals surface area contributed by atoms with Gasteiger partial charge in [-0.25, -0.2) is 4.98 Å². The SMILES string of the molecule is CCCc1ccc(-c2nc(N(C)CCN(CC)c3ncccc3C(F)(F)F)nc(N3CCCCC3C)n2)cc1. The Balaban J connectivity index is 1.62. The van der Waals surface area contributed by atoms with Crippen LogP contribution in [0.4, 0.5) is 30.9 Å². The fourth-order valence-corrected chi connectivity index (χ4v) is 4.94. The third-order valence-electron chi connectivity index (χ3n) is 7.24. The van der Waals surface area contributed by atoms with E-state index in [0.717, 1.165) is 43.9 Å². The summed E-state index contributed by atoms with van der Waals surface area (Å²) < 4.78 is 40.9. The van der Waals surface area contributed by atoms with Crippen LogP contribution in [0.2, 0.25) is 0 Å². The second-order valence-electron chi connectivity index (χ2n) is 10.1. The molecule has 10 heteroatoms. The van der Waals surface area contributed by atoms with Crippen molar-refractivity contribution in [3.8, 4) is 11.4 Å². The summed E-state index contributed by atoms with van der Waals surface area (Å²) in [4.78, 5) is 24.3. The van der Waals surface area contributed by atoms with Gasteiger partial charge in [-0.2, -0.15) is 28.1 Å². The summed E-state index contributed by atoms with van der Waals surface area (Å²) >= 11 is 0. The van der Waals surface area contributed by atoms with Crippen LogP contribution < -0.4 is 14.7 Å². The van der Waals surface area contributed by atoms with E-state index in [9.17, 15) is 13.2 Å². The molecule has 0 N–H and O–H groups in total. The number of benzene rings is 1. The fraction of sp³-hybridized carbons (Fsp3) is 0.517. The van der Waals surface area contributed by atoms with Crippen molar-refractivity contribution in [1.29, 1.82) is 0 Å². The van der Waals surface area contributed by atoms with Crippen LogP contribution in [0.1, 0.15) is 57.6 Å². The van der Waals surface area contributed by atoms with Gasteiger partial charge in [0.2, 0.25) is 11.9 Å². The molecule has 0 saturated carbocycles. The molecule has 0 amide bonds. The number of hydrogen-bond acceptors (Lipinski definition) is 7. The first-order valence-corrected chi connectivity index (χ1v) is 13.8. The van der Waals surface area contributed by atoms with E-state index in [1.165, 1.54) is 24.2 Å². The summed E-state index contributed by atoms with van der Waals surface area (Å²) in [7, 11) is 1.86. The summed E-state index contributed by atoms with van der Waals surface area (Å²) in [5.41, 5.74) is 1.45.